The fourth-order valence-corrected chi connectivity index (χ4v) is 0.425. The summed E-state index contributed by atoms with van der Waals surface area (Å²) in [5.41, 5.74) is 0.00900. The molecule has 0 aliphatic rings. The van der Waals surface area contributed by atoms with E-state index in [1.165, 1.54) is 0 Å². The quantitative estimate of drug-likeness (QED) is 0.481. The van der Waals surface area contributed by atoms with Crippen LogP contribution in [0.4, 0.5) is 0 Å². The van der Waals surface area contributed by atoms with E-state index in [9.17, 15) is 0 Å². The van der Waals surface area contributed by atoms with Crippen LogP contribution in [-0.4, -0.2) is 12.2 Å². The maximum absolute atomic E-state index is 5.25. The molecule has 0 aromatic heterocycles. The Morgan fingerprint density at radius 1 is 1.00 bits per heavy atom. The molecule has 0 bridgehead atoms. The highest BCUT2D eigenvalue weighted by Crippen LogP contribution is 2.18. The van der Waals surface area contributed by atoms with Crippen LogP contribution in [-0.2, 0) is 9.78 Å². The zero-order valence-corrected chi connectivity index (χ0v) is 9.23. The Labute approximate surface area is 76.2 Å². The van der Waals surface area contributed by atoms with Crippen molar-refractivity contribution >= 4 is 0 Å². The molecule has 2 heteroatoms. The van der Waals surface area contributed by atoms with Crippen LogP contribution in [0.3, 0.4) is 0 Å². The van der Waals surface area contributed by atoms with Gasteiger partial charge in [-0.1, -0.05) is 27.7 Å². The Morgan fingerprint density at radius 3 is 1.83 bits per heavy atom. The van der Waals surface area contributed by atoms with Gasteiger partial charge in [-0.05, 0) is 25.7 Å². The van der Waals surface area contributed by atoms with E-state index >= 15 is 0 Å². The van der Waals surface area contributed by atoms with Crippen LogP contribution in [0.5, 0.6) is 0 Å². The van der Waals surface area contributed by atoms with Crippen molar-refractivity contribution in [2.24, 2.45) is 5.41 Å². The first-order chi connectivity index (χ1) is 5.27. The smallest absolute Gasteiger partial charge is 0.0977 e. The van der Waals surface area contributed by atoms with Gasteiger partial charge in [-0.25, -0.2) is 9.78 Å². The molecular weight excluding hydrogens is 152 g/mol. The molecule has 2 nitrogen and oxygen atoms in total. The minimum Gasteiger partial charge on any atom is -0.236 e. The molecule has 0 aliphatic carbocycles. The van der Waals surface area contributed by atoms with E-state index in [4.69, 9.17) is 9.78 Å². The number of rotatable bonds is 4. The summed E-state index contributed by atoms with van der Waals surface area (Å²) in [4.78, 5) is 10.4. The van der Waals surface area contributed by atoms with Gasteiger partial charge >= 0.3 is 0 Å². The molecule has 0 aromatic carbocycles. The monoisotopic (exact) mass is 174 g/mol. The predicted molar refractivity (Wildman–Crippen MR) is 50.9 cm³/mol. The maximum atomic E-state index is 5.25. The lowest BCUT2D eigenvalue weighted by atomic mass is 9.99. The Hall–Kier alpha value is -0.0800. The lowest BCUT2D eigenvalue weighted by Crippen LogP contribution is -2.26. The van der Waals surface area contributed by atoms with Crippen molar-refractivity contribution in [3.8, 4) is 0 Å². The van der Waals surface area contributed by atoms with Gasteiger partial charge in [-0.3, -0.25) is 0 Å². The van der Waals surface area contributed by atoms with Gasteiger partial charge in [0.05, 0.1) is 12.2 Å². The van der Waals surface area contributed by atoms with Crippen molar-refractivity contribution in [1.29, 1.82) is 0 Å². The SMILES string of the molecule is CCC(C)(C)OOCC(C)(C)C. The standard InChI is InChI=1S/C10H22O2/c1-7-10(5,6)12-11-8-9(2,3)4/h7-8H2,1-6H3. The van der Waals surface area contributed by atoms with E-state index in [-0.39, 0.29) is 11.0 Å². The number of hydrogen-bond acceptors (Lipinski definition) is 2. The Bertz CT molecular complexity index is 122. The summed E-state index contributed by atoms with van der Waals surface area (Å²) in [6.07, 6.45) is 0.955. The van der Waals surface area contributed by atoms with E-state index < -0.39 is 0 Å². The fourth-order valence-electron chi connectivity index (χ4n) is 0.425. The van der Waals surface area contributed by atoms with Gasteiger partial charge in [-0.2, -0.15) is 0 Å². The van der Waals surface area contributed by atoms with Gasteiger partial charge in [0.15, 0.2) is 0 Å². The van der Waals surface area contributed by atoms with Crippen LogP contribution < -0.4 is 0 Å². The van der Waals surface area contributed by atoms with Gasteiger partial charge in [0.1, 0.15) is 0 Å². The van der Waals surface area contributed by atoms with E-state index in [0.717, 1.165) is 6.42 Å². The van der Waals surface area contributed by atoms with Crippen molar-refractivity contribution in [2.45, 2.75) is 53.6 Å². The molecule has 0 aromatic rings. The largest absolute Gasteiger partial charge is 0.236 e. The maximum Gasteiger partial charge on any atom is 0.0977 e. The third kappa shape index (κ3) is 6.62. The molecule has 0 unspecified atom stereocenters. The second-order valence-electron chi connectivity index (χ2n) is 5.02. The topological polar surface area (TPSA) is 18.5 Å². The first-order valence-electron chi connectivity index (χ1n) is 4.57. The van der Waals surface area contributed by atoms with Gasteiger partial charge < -0.3 is 0 Å². The summed E-state index contributed by atoms with van der Waals surface area (Å²) < 4.78 is 0. The minimum atomic E-state index is -0.161. The average molecular weight is 174 g/mol. The summed E-state index contributed by atoms with van der Waals surface area (Å²) in [7, 11) is 0. The molecule has 0 N–H and O–H groups in total. The Balaban J connectivity index is 3.57. The lowest BCUT2D eigenvalue weighted by Gasteiger charge is -2.24. The molecule has 0 saturated carbocycles. The number of hydrogen-bond donors (Lipinski definition) is 0. The Kier molecular flexibility index (Phi) is 4.21. The van der Waals surface area contributed by atoms with Crippen LogP contribution in [0.25, 0.3) is 0 Å². The van der Waals surface area contributed by atoms with Crippen LogP contribution in [0.1, 0.15) is 48.0 Å². The van der Waals surface area contributed by atoms with Gasteiger partial charge in [0.2, 0.25) is 0 Å². The molecule has 0 amide bonds. The summed E-state index contributed by atoms with van der Waals surface area (Å²) in [6.45, 7) is 13.1. The summed E-state index contributed by atoms with van der Waals surface area (Å²) in [5, 5.41) is 0. The highest BCUT2D eigenvalue weighted by Gasteiger charge is 2.19. The molecule has 12 heavy (non-hydrogen) atoms. The van der Waals surface area contributed by atoms with Crippen LogP contribution in [0, 0.1) is 5.41 Å². The van der Waals surface area contributed by atoms with Gasteiger partial charge in [0.25, 0.3) is 0 Å². The van der Waals surface area contributed by atoms with Crippen molar-refractivity contribution in [2.75, 3.05) is 6.61 Å². The van der Waals surface area contributed by atoms with E-state index in [0.29, 0.717) is 6.61 Å². The van der Waals surface area contributed by atoms with E-state index in [1.54, 1.807) is 0 Å². The van der Waals surface area contributed by atoms with Gasteiger partial charge in [-0.15, -0.1) is 0 Å². The van der Waals surface area contributed by atoms with Crippen LogP contribution in [0.15, 0.2) is 0 Å². The summed E-state index contributed by atoms with van der Waals surface area (Å²) in [5.74, 6) is 0. The third-order valence-electron chi connectivity index (χ3n) is 1.63. The minimum absolute atomic E-state index is 0.161. The average Bonchev–Trinajstić information content (AvgIpc) is 1.84. The molecule has 0 aliphatic heterocycles. The first kappa shape index (κ1) is 11.9. The van der Waals surface area contributed by atoms with Crippen molar-refractivity contribution in [3.05, 3.63) is 0 Å². The molecule has 0 rings (SSSR count). The molecule has 0 spiro atoms. The van der Waals surface area contributed by atoms with Crippen LogP contribution >= 0.6 is 0 Å². The molecule has 74 valence electrons. The van der Waals surface area contributed by atoms with Gasteiger partial charge in [0, 0.05) is 0 Å². The highest BCUT2D eigenvalue weighted by atomic mass is 17.2. The van der Waals surface area contributed by atoms with Crippen molar-refractivity contribution in [3.63, 3.8) is 0 Å². The molecule has 0 saturated heterocycles. The van der Waals surface area contributed by atoms with E-state index in [1.807, 2.05) is 13.8 Å². The Morgan fingerprint density at radius 2 is 1.50 bits per heavy atom. The molecule has 0 fully saturated rings. The predicted octanol–water partition coefficient (Wildman–Crippen LogP) is 3.17. The lowest BCUT2D eigenvalue weighted by molar-refractivity contribution is -0.362. The summed E-state index contributed by atoms with van der Waals surface area (Å²) in [6, 6.07) is 0. The fraction of sp³-hybridized carbons (Fsp3) is 1.00. The molecule has 0 atom stereocenters. The van der Waals surface area contributed by atoms with Crippen LogP contribution in [0.2, 0.25) is 0 Å². The molecule has 0 radical (unpaired) electrons. The van der Waals surface area contributed by atoms with Crippen molar-refractivity contribution in [1.82, 2.24) is 0 Å². The second-order valence-corrected chi connectivity index (χ2v) is 5.02. The molecule has 0 heterocycles. The first-order valence-corrected chi connectivity index (χ1v) is 4.57. The zero-order chi connectivity index (χ0) is 9.83. The van der Waals surface area contributed by atoms with Crippen molar-refractivity contribution < 1.29 is 9.78 Å². The third-order valence-corrected chi connectivity index (χ3v) is 1.63. The highest BCUT2D eigenvalue weighted by molar-refractivity contribution is 4.63. The summed E-state index contributed by atoms with van der Waals surface area (Å²) >= 11 is 0. The molecular formula is C10H22O2. The zero-order valence-electron chi connectivity index (χ0n) is 9.23. The second kappa shape index (κ2) is 4.24. The normalized spacial score (nSPS) is 13.5. The van der Waals surface area contributed by atoms with E-state index in [2.05, 4.69) is 27.7 Å².